The Morgan fingerprint density at radius 2 is 1.82 bits per heavy atom. The van der Waals surface area contributed by atoms with Crippen LogP contribution in [-0.4, -0.2) is 29.3 Å². The molecule has 1 saturated carbocycles. The van der Waals surface area contributed by atoms with Gasteiger partial charge in [0.1, 0.15) is 0 Å². The van der Waals surface area contributed by atoms with Crippen molar-refractivity contribution in [2.75, 3.05) is 12.4 Å². The van der Waals surface area contributed by atoms with Crippen LogP contribution in [0.1, 0.15) is 58.8 Å². The monoisotopic (exact) mass is 259 g/mol. The maximum atomic E-state index is 12.2. The zero-order valence-electron chi connectivity index (χ0n) is 11.3. The van der Waals surface area contributed by atoms with Crippen LogP contribution in [0.25, 0.3) is 0 Å². The molecule has 17 heavy (non-hydrogen) atoms. The molecule has 0 saturated heterocycles. The third kappa shape index (κ3) is 5.29. The topological polar surface area (TPSA) is 20.3 Å². The first-order valence-corrected chi connectivity index (χ1v) is 7.54. The summed E-state index contributed by atoms with van der Waals surface area (Å²) in [6.45, 7) is 4.82. The van der Waals surface area contributed by atoms with Crippen molar-refractivity contribution < 1.29 is 4.79 Å². The van der Waals surface area contributed by atoms with Crippen LogP contribution < -0.4 is 0 Å². The molecule has 0 aliphatic heterocycles. The van der Waals surface area contributed by atoms with Crippen LogP contribution in [0.15, 0.2) is 0 Å². The van der Waals surface area contributed by atoms with E-state index in [1.54, 1.807) is 0 Å². The fourth-order valence-corrected chi connectivity index (χ4v) is 2.88. The summed E-state index contributed by atoms with van der Waals surface area (Å²) < 4.78 is 0. The lowest BCUT2D eigenvalue weighted by Crippen LogP contribution is -2.39. The zero-order chi connectivity index (χ0) is 12.7. The van der Waals surface area contributed by atoms with E-state index in [0.29, 0.717) is 24.2 Å². The number of carbonyl (C=O) groups is 1. The number of nitrogens with zero attached hydrogens (tertiary/aromatic N) is 1. The lowest BCUT2D eigenvalue weighted by molar-refractivity contribution is -0.133. The van der Waals surface area contributed by atoms with Crippen LogP contribution in [0, 0.1) is 5.92 Å². The Kier molecular flexibility index (Phi) is 6.94. The molecule has 0 unspecified atom stereocenters. The van der Waals surface area contributed by atoms with Crippen molar-refractivity contribution in [1.29, 1.82) is 0 Å². The molecule has 100 valence electrons. The molecule has 0 spiro atoms. The Morgan fingerprint density at radius 1 is 1.24 bits per heavy atom. The molecule has 1 aliphatic carbocycles. The van der Waals surface area contributed by atoms with Crippen molar-refractivity contribution >= 4 is 17.5 Å². The predicted molar refractivity (Wildman–Crippen MR) is 73.4 cm³/mol. The second-order valence-corrected chi connectivity index (χ2v) is 5.81. The van der Waals surface area contributed by atoms with E-state index in [1.807, 2.05) is 4.90 Å². The van der Waals surface area contributed by atoms with E-state index in [-0.39, 0.29) is 6.04 Å². The summed E-state index contributed by atoms with van der Waals surface area (Å²) in [5.74, 6) is 1.45. The Bertz CT molecular complexity index is 222. The van der Waals surface area contributed by atoms with E-state index in [2.05, 4.69) is 13.8 Å². The smallest absolute Gasteiger partial charge is 0.223 e. The molecular weight excluding hydrogens is 234 g/mol. The van der Waals surface area contributed by atoms with Crippen molar-refractivity contribution in [3.05, 3.63) is 0 Å². The van der Waals surface area contributed by atoms with Gasteiger partial charge in [-0.25, -0.2) is 0 Å². The summed E-state index contributed by atoms with van der Waals surface area (Å²) in [5, 5.41) is 0. The van der Waals surface area contributed by atoms with E-state index < -0.39 is 0 Å². The van der Waals surface area contributed by atoms with Gasteiger partial charge in [-0.15, -0.1) is 11.6 Å². The van der Waals surface area contributed by atoms with Gasteiger partial charge in [0.05, 0.1) is 0 Å². The summed E-state index contributed by atoms with van der Waals surface area (Å²) in [7, 11) is 0. The van der Waals surface area contributed by atoms with E-state index >= 15 is 0 Å². The van der Waals surface area contributed by atoms with Gasteiger partial charge in [-0.1, -0.05) is 25.7 Å². The molecule has 0 aromatic heterocycles. The molecular formula is C14H26ClNO. The van der Waals surface area contributed by atoms with Gasteiger partial charge in [0.2, 0.25) is 5.91 Å². The third-order valence-corrected chi connectivity index (χ3v) is 3.88. The molecule has 1 aliphatic rings. The number of hydrogen-bond donors (Lipinski definition) is 0. The highest BCUT2D eigenvalue weighted by Crippen LogP contribution is 2.26. The highest BCUT2D eigenvalue weighted by atomic mass is 35.5. The zero-order valence-corrected chi connectivity index (χ0v) is 12.0. The maximum Gasteiger partial charge on any atom is 0.223 e. The average molecular weight is 260 g/mol. The summed E-state index contributed by atoms with van der Waals surface area (Å²) in [6.07, 6.45) is 8.50. The van der Waals surface area contributed by atoms with Crippen LogP contribution >= 0.6 is 11.6 Å². The summed E-state index contributed by atoms with van der Waals surface area (Å²) in [6, 6.07) is 0.270. The molecule has 2 nitrogen and oxygen atoms in total. The van der Waals surface area contributed by atoms with Crippen LogP contribution in [0.2, 0.25) is 0 Å². The second-order valence-electron chi connectivity index (χ2n) is 5.43. The molecule has 0 bridgehead atoms. The quantitative estimate of drug-likeness (QED) is 0.543. The number of alkyl halides is 1. The van der Waals surface area contributed by atoms with Crippen molar-refractivity contribution in [3.63, 3.8) is 0 Å². The highest BCUT2D eigenvalue weighted by molar-refractivity contribution is 6.18. The molecule has 1 fully saturated rings. The fraction of sp³-hybridized carbons (Fsp3) is 0.929. The Labute approximate surface area is 111 Å². The van der Waals surface area contributed by atoms with Crippen molar-refractivity contribution in [1.82, 2.24) is 4.90 Å². The lowest BCUT2D eigenvalue weighted by atomic mass is 9.96. The fourth-order valence-electron chi connectivity index (χ4n) is 2.69. The highest BCUT2D eigenvalue weighted by Gasteiger charge is 2.21. The van der Waals surface area contributed by atoms with Gasteiger partial charge in [0.25, 0.3) is 0 Å². The Balaban J connectivity index is 2.44. The maximum absolute atomic E-state index is 12.2. The normalized spacial score (nSPS) is 18.1. The predicted octanol–water partition coefficient (Wildman–Crippen LogP) is 3.82. The summed E-state index contributed by atoms with van der Waals surface area (Å²) in [5.41, 5.74) is 0. The largest absolute Gasteiger partial charge is 0.339 e. The van der Waals surface area contributed by atoms with Crippen LogP contribution in [0.5, 0.6) is 0 Å². The minimum Gasteiger partial charge on any atom is -0.339 e. The standard InChI is InChI=1S/C14H26ClNO/c1-12(2)16(10-9-15)14(17)11-13-7-5-3-4-6-8-13/h12-13H,3-11H2,1-2H3. The number of halogens is 1. The van der Waals surface area contributed by atoms with Gasteiger partial charge in [-0.05, 0) is 32.6 Å². The molecule has 0 heterocycles. The minimum absolute atomic E-state index is 0.270. The summed E-state index contributed by atoms with van der Waals surface area (Å²) in [4.78, 5) is 14.2. The molecule has 0 radical (unpaired) electrons. The molecule has 0 aromatic rings. The average Bonchev–Trinajstić information content (AvgIpc) is 2.53. The van der Waals surface area contributed by atoms with Gasteiger partial charge < -0.3 is 4.90 Å². The number of carbonyl (C=O) groups excluding carboxylic acids is 1. The number of hydrogen-bond acceptors (Lipinski definition) is 1. The van der Waals surface area contributed by atoms with Crippen LogP contribution in [0.3, 0.4) is 0 Å². The van der Waals surface area contributed by atoms with E-state index in [1.165, 1.54) is 38.5 Å². The first-order chi connectivity index (χ1) is 8.15. The minimum atomic E-state index is 0.270. The molecule has 0 atom stereocenters. The Morgan fingerprint density at radius 3 is 2.29 bits per heavy atom. The van der Waals surface area contributed by atoms with Gasteiger partial charge in [-0.2, -0.15) is 0 Å². The second kappa shape index (κ2) is 7.97. The van der Waals surface area contributed by atoms with Gasteiger partial charge in [-0.3, -0.25) is 4.79 Å². The molecule has 1 amide bonds. The Hall–Kier alpha value is -0.240. The van der Waals surface area contributed by atoms with Gasteiger partial charge in [0, 0.05) is 24.9 Å². The lowest BCUT2D eigenvalue weighted by Gasteiger charge is -2.27. The number of amides is 1. The van der Waals surface area contributed by atoms with Gasteiger partial charge in [0.15, 0.2) is 0 Å². The van der Waals surface area contributed by atoms with Crippen LogP contribution in [0.4, 0.5) is 0 Å². The SMILES string of the molecule is CC(C)N(CCCl)C(=O)CC1CCCCCC1. The molecule has 0 aromatic carbocycles. The third-order valence-electron chi connectivity index (χ3n) is 3.71. The summed E-state index contributed by atoms with van der Waals surface area (Å²) >= 11 is 5.76. The molecule has 1 rings (SSSR count). The van der Waals surface area contributed by atoms with E-state index in [0.717, 1.165) is 6.42 Å². The van der Waals surface area contributed by atoms with Gasteiger partial charge >= 0.3 is 0 Å². The van der Waals surface area contributed by atoms with Crippen molar-refractivity contribution in [2.24, 2.45) is 5.92 Å². The first kappa shape index (κ1) is 14.8. The molecule has 3 heteroatoms. The van der Waals surface area contributed by atoms with E-state index in [9.17, 15) is 4.79 Å². The van der Waals surface area contributed by atoms with Crippen molar-refractivity contribution in [3.8, 4) is 0 Å². The molecule has 0 N–H and O–H groups in total. The van der Waals surface area contributed by atoms with E-state index in [4.69, 9.17) is 11.6 Å². The van der Waals surface area contributed by atoms with Crippen molar-refractivity contribution in [2.45, 2.75) is 64.8 Å². The van der Waals surface area contributed by atoms with Crippen LogP contribution in [-0.2, 0) is 4.79 Å². The number of rotatable bonds is 5. The first-order valence-electron chi connectivity index (χ1n) is 7.00.